The summed E-state index contributed by atoms with van der Waals surface area (Å²) in [7, 11) is 0. The Morgan fingerprint density at radius 3 is 2.82 bits per heavy atom. The van der Waals surface area contributed by atoms with Gasteiger partial charge in [-0.3, -0.25) is 9.36 Å². The summed E-state index contributed by atoms with van der Waals surface area (Å²) in [6.45, 7) is 3.03. The Bertz CT molecular complexity index is 1410. The van der Waals surface area contributed by atoms with Crippen LogP contribution in [0.15, 0.2) is 60.7 Å². The third-order valence-electron chi connectivity index (χ3n) is 6.64. The molecular formula is C27H25N3O4. The molecule has 0 spiro atoms. The number of nitrogens with zero attached hydrogens (tertiary/aromatic N) is 2. The number of aliphatic carboxylic acids is 1. The lowest BCUT2D eigenvalue weighted by molar-refractivity contribution is -0.137. The smallest absolute Gasteiger partial charge is 0.304 e. The van der Waals surface area contributed by atoms with Crippen molar-refractivity contribution in [2.45, 2.75) is 31.7 Å². The molecule has 0 amide bonds. The average molecular weight is 456 g/mol. The highest BCUT2D eigenvalue weighted by Crippen LogP contribution is 2.42. The topological polar surface area (TPSA) is 85.6 Å². The molecule has 2 unspecified atom stereocenters. The number of benzene rings is 3. The minimum Gasteiger partial charge on any atom is -0.493 e. The second kappa shape index (κ2) is 8.09. The average Bonchev–Trinajstić information content (AvgIpc) is 3.54. The van der Waals surface area contributed by atoms with E-state index in [-0.39, 0.29) is 18.4 Å². The van der Waals surface area contributed by atoms with Crippen molar-refractivity contribution in [3.63, 3.8) is 0 Å². The molecule has 3 aromatic carbocycles. The van der Waals surface area contributed by atoms with Gasteiger partial charge in [0.1, 0.15) is 23.9 Å². The number of fused-ring (bicyclic) bond motifs is 3. The van der Waals surface area contributed by atoms with Crippen LogP contribution in [-0.2, 0) is 11.2 Å². The zero-order chi connectivity index (χ0) is 23.2. The van der Waals surface area contributed by atoms with Crippen LogP contribution >= 0.6 is 0 Å². The van der Waals surface area contributed by atoms with Gasteiger partial charge in [0, 0.05) is 35.2 Å². The summed E-state index contributed by atoms with van der Waals surface area (Å²) in [5.41, 5.74) is 6.02. The number of aromatic nitrogens is 2. The van der Waals surface area contributed by atoms with Crippen LogP contribution in [0.5, 0.6) is 11.5 Å². The van der Waals surface area contributed by atoms with Gasteiger partial charge >= 0.3 is 5.97 Å². The van der Waals surface area contributed by atoms with Gasteiger partial charge < -0.3 is 19.9 Å². The highest BCUT2D eigenvalue weighted by atomic mass is 16.5. The number of carboxylic acid groups (broad SMARTS) is 1. The van der Waals surface area contributed by atoms with Gasteiger partial charge in [-0.05, 0) is 24.3 Å². The summed E-state index contributed by atoms with van der Waals surface area (Å²) < 4.78 is 14.2. The molecule has 3 heterocycles. The van der Waals surface area contributed by atoms with Crippen LogP contribution in [-0.4, -0.2) is 33.8 Å². The van der Waals surface area contributed by atoms with E-state index in [1.54, 1.807) is 0 Å². The summed E-state index contributed by atoms with van der Waals surface area (Å²) in [6.07, 6.45) is 0.896. The molecule has 7 nitrogen and oxygen atoms in total. The molecule has 4 aromatic rings. The Labute approximate surface area is 197 Å². The van der Waals surface area contributed by atoms with Crippen molar-refractivity contribution in [2.24, 2.45) is 0 Å². The van der Waals surface area contributed by atoms with Crippen LogP contribution in [0.25, 0.3) is 16.7 Å². The van der Waals surface area contributed by atoms with E-state index in [0.29, 0.717) is 13.2 Å². The highest BCUT2D eigenvalue weighted by Gasteiger charge is 2.30. The van der Waals surface area contributed by atoms with Gasteiger partial charge in [-0.25, -0.2) is 4.98 Å². The minimum atomic E-state index is -0.809. The molecule has 0 bridgehead atoms. The van der Waals surface area contributed by atoms with Gasteiger partial charge in [-0.15, -0.1) is 0 Å². The summed E-state index contributed by atoms with van der Waals surface area (Å²) in [5, 5.41) is 12.7. The third-order valence-corrected chi connectivity index (χ3v) is 6.64. The zero-order valence-corrected chi connectivity index (χ0v) is 18.8. The molecule has 34 heavy (non-hydrogen) atoms. The second-order valence-corrected chi connectivity index (χ2v) is 8.77. The van der Waals surface area contributed by atoms with Gasteiger partial charge in [-0.1, -0.05) is 37.3 Å². The first-order chi connectivity index (χ1) is 16.6. The molecule has 1 aromatic heterocycles. The monoisotopic (exact) mass is 455 g/mol. The number of carbonyl (C=O) groups is 1. The fraction of sp³-hybridized carbons (Fsp3) is 0.259. The van der Waals surface area contributed by atoms with Gasteiger partial charge in [0.15, 0.2) is 0 Å². The molecule has 172 valence electrons. The van der Waals surface area contributed by atoms with Crippen molar-refractivity contribution in [3.05, 3.63) is 77.6 Å². The molecule has 0 fully saturated rings. The fourth-order valence-electron chi connectivity index (χ4n) is 5.06. The SMILES string of the molecule is CCc1nc2ccccc2n1-c1cccc2c1OCC2Nc1ccc2c(c1)OCC2CC(=O)O. The number of rotatable bonds is 6. The number of imidazole rings is 1. The lowest BCUT2D eigenvalue weighted by atomic mass is 9.97. The van der Waals surface area contributed by atoms with Crippen LogP contribution in [0.3, 0.4) is 0 Å². The number of anilines is 1. The van der Waals surface area contributed by atoms with E-state index in [0.717, 1.165) is 57.3 Å². The van der Waals surface area contributed by atoms with Crippen LogP contribution in [0.4, 0.5) is 5.69 Å². The maximum Gasteiger partial charge on any atom is 0.304 e. The van der Waals surface area contributed by atoms with Crippen LogP contribution in [0.2, 0.25) is 0 Å². The van der Waals surface area contributed by atoms with Gasteiger partial charge in [-0.2, -0.15) is 0 Å². The number of ether oxygens (including phenoxy) is 2. The van der Waals surface area contributed by atoms with Crippen molar-refractivity contribution in [2.75, 3.05) is 18.5 Å². The fourth-order valence-corrected chi connectivity index (χ4v) is 5.06. The van der Waals surface area contributed by atoms with E-state index in [2.05, 4.69) is 41.1 Å². The van der Waals surface area contributed by atoms with Gasteiger partial charge in [0.05, 0.1) is 35.8 Å². The molecule has 0 saturated carbocycles. The molecule has 2 atom stereocenters. The lowest BCUT2D eigenvalue weighted by Gasteiger charge is -2.15. The van der Waals surface area contributed by atoms with E-state index < -0.39 is 5.97 Å². The number of carboxylic acids is 1. The largest absolute Gasteiger partial charge is 0.493 e. The Morgan fingerprint density at radius 2 is 1.97 bits per heavy atom. The first-order valence-corrected chi connectivity index (χ1v) is 11.6. The zero-order valence-electron chi connectivity index (χ0n) is 18.8. The van der Waals surface area contributed by atoms with E-state index >= 15 is 0 Å². The standard InChI is InChI=1S/C27H25N3O4/c1-2-25-29-20-7-3-4-8-22(20)30(25)23-9-5-6-19-21(15-34-27(19)23)28-17-10-11-18-16(12-26(31)32)14-33-24(18)13-17/h3-11,13,16,21,28H,2,12,14-15H2,1H3,(H,31,32). The van der Waals surface area contributed by atoms with Gasteiger partial charge in [0.2, 0.25) is 0 Å². The first kappa shape index (κ1) is 20.6. The third kappa shape index (κ3) is 3.36. The normalized spacial score (nSPS) is 18.3. The molecule has 0 radical (unpaired) electrons. The Balaban J connectivity index is 1.31. The molecule has 2 aliphatic heterocycles. The molecular weight excluding hydrogens is 430 g/mol. The number of hydrogen-bond donors (Lipinski definition) is 2. The summed E-state index contributed by atoms with van der Waals surface area (Å²) >= 11 is 0. The van der Waals surface area contributed by atoms with Crippen molar-refractivity contribution in [3.8, 4) is 17.2 Å². The lowest BCUT2D eigenvalue weighted by Crippen LogP contribution is -2.11. The maximum atomic E-state index is 11.1. The highest BCUT2D eigenvalue weighted by molar-refractivity contribution is 5.79. The molecule has 0 saturated heterocycles. The first-order valence-electron chi connectivity index (χ1n) is 11.6. The number of aryl methyl sites for hydroxylation is 1. The predicted octanol–water partition coefficient (Wildman–Crippen LogP) is 5.08. The molecule has 7 heteroatoms. The Morgan fingerprint density at radius 1 is 1.09 bits per heavy atom. The van der Waals surface area contributed by atoms with Crippen LogP contribution in [0.1, 0.15) is 42.3 Å². The van der Waals surface area contributed by atoms with Gasteiger partial charge in [0.25, 0.3) is 0 Å². The van der Waals surface area contributed by atoms with Crippen molar-refractivity contribution < 1.29 is 19.4 Å². The quantitative estimate of drug-likeness (QED) is 0.422. The van der Waals surface area contributed by atoms with Crippen molar-refractivity contribution >= 4 is 22.7 Å². The summed E-state index contributed by atoms with van der Waals surface area (Å²) in [4.78, 5) is 15.9. The van der Waals surface area contributed by atoms with Crippen LogP contribution < -0.4 is 14.8 Å². The second-order valence-electron chi connectivity index (χ2n) is 8.77. The summed E-state index contributed by atoms with van der Waals surface area (Å²) in [5.74, 6) is 1.72. The predicted molar refractivity (Wildman–Crippen MR) is 129 cm³/mol. The number of nitrogens with one attached hydrogen (secondary N) is 1. The van der Waals surface area contributed by atoms with E-state index in [1.165, 1.54) is 0 Å². The molecule has 0 aliphatic carbocycles. The van der Waals surface area contributed by atoms with E-state index in [4.69, 9.17) is 19.6 Å². The molecule has 6 rings (SSSR count). The van der Waals surface area contributed by atoms with Crippen molar-refractivity contribution in [1.29, 1.82) is 0 Å². The van der Waals surface area contributed by atoms with Crippen LogP contribution in [0, 0.1) is 0 Å². The van der Waals surface area contributed by atoms with E-state index in [9.17, 15) is 4.79 Å². The number of para-hydroxylation sites is 3. The number of hydrogen-bond acceptors (Lipinski definition) is 5. The van der Waals surface area contributed by atoms with E-state index in [1.807, 2.05) is 36.4 Å². The van der Waals surface area contributed by atoms with Crippen molar-refractivity contribution in [1.82, 2.24) is 9.55 Å². The Kier molecular flexibility index (Phi) is 4.90. The maximum absolute atomic E-state index is 11.1. The minimum absolute atomic E-state index is 0.0101. The molecule has 2 aliphatic rings. The Hall–Kier alpha value is -4.00. The molecule has 2 N–H and O–H groups in total. The summed E-state index contributed by atoms with van der Waals surface area (Å²) in [6, 6.07) is 20.3.